The molecule has 2 heterocycles. The van der Waals surface area contributed by atoms with Crippen LogP contribution in [-0.2, 0) is 30.3 Å². The predicted molar refractivity (Wildman–Crippen MR) is 89.6 cm³/mol. The van der Waals surface area contributed by atoms with Crippen molar-refractivity contribution in [2.24, 2.45) is 0 Å². The fourth-order valence-corrected chi connectivity index (χ4v) is 3.29. The molecule has 138 valence electrons. The minimum absolute atomic E-state index is 0.0348. The van der Waals surface area contributed by atoms with Crippen molar-refractivity contribution in [2.45, 2.75) is 76.7 Å². The molecule has 0 saturated carbocycles. The number of carbonyl (C=O) groups excluding carboxylic acids is 1. The third kappa shape index (κ3) is 4.46. The van der Waals surface area contributed by atoms with Crippen LogP contribution in [0, 0.1) is 0 Å². The van der Waals surface area contributed by atoms with Crippen molar-refractivity contribution in [3.8, 4) is 0 Å². The van der Waals surface area contributed by atoms with Gasteiger partial charge in [-0.15, -0.1) is 0 Å². The largest absolute Gasteiger partial charge is 0.390 e. The van der Waals surface area contributed by atoms with Crippen LogP contribution in [0.4, 0.5) is 0 Å². The highest BCUT2D eigenvalue weighted by Crippen LogP contribution is 2.40. The van der Waals surface area contributed by atoms with Crippen LogP contribution in [0.2, 0.25) is 0 Å². The number of hydrogen-bond donors (Lipinski definition) is 1. The highest BCUT2D eigenvalue weighted by atomic mass is 16.8. The molecule has 2 aliphatic heterocycles. The van der Waals surface area contributed by atoms with E-state index in [-0.39, 0.29) is 5.78 Å². The molecule has 0 spiro atoms. The Kier molecular flexibility index (Phi) is 5.55. The van der Waals surface area contributed by atoms with E-state index in [2.05, 4.69) is 0 Å². The number of benzene rings is 1. The van der Waals surface area contributed by atoms with Crippen molar-refractivity contribution in [1.29, 1.82) is 0 Å². The fraction of sp³-hybridized carbons (Fsp3) is 0.632. The zero-order valence-corrected chi connectivity index (χ0v) is 14.9. The average molecular weight is 350 g/mol. The molecule has 5 atom stereocenters. The Bertz CT molecular complexity index is 587. The summed E-state index contributed by atoms with van der Waals surface area (Å²) in [4.78, 5) is 11.2. The van der Waals surface area contributed by atoms with Gasteiger partial charge in [-0.05, 0) is 32.8 Å². The summed E-state index contributed by atoms with van der Waals surface area (Å²) < 4.78 is 23.6. The van der Waals surface area contributed by atoms with E-state index >= 15 is 0 Å². The van der Waals surface area contributed by atoms with Crippen molar-refractivity contribution in [3.63, 3.8) is 0 Å². The molecule has 0 aliphatic carbocycles. The summed E-state index contributed by atoms with van der Waals surface area (Å²) in [5.74, 6) is -0.716. The molecule has 0 amide bonds. The van der Waals surface area contributed by atoms with Crippen LogP contribution in [0.5, 0.6) is 0 Å². The maximum Gasteiger partial charge on any atom is 0.190 e. The summed E-state index contributed by atoms with van der Waals surface area (Å²) >= 11 is 0. The monoisotopic (exact) mass is 350 g/mol. The molecule has 1 aromatic rings. The van der Waals surface area contributed by atoms with E-state index in [4.69, 9.17) is 18.9 Å². The van der Waals surface area contributed by atoms with Crippen molar-refractivity contribution in [3.05, 3.63) is 35.9 Å². The van der Waals surface area contributed by atoms with Gasteiger partial charge >= 0.3 is 0 Å². The lowest BCUT2D eigenvalue weighted by Crippen LogP contribution is -2.42. The van der Waals surface area contributed by atoms with Crippen LogP contribution >= 0.6 is 0 Å². The van der Waals surface area contributed by atoms with Crippen LogP contribution in [-0.4, -0.2) is 47.4 Å². The summed E-state index contributed by atoms with van der Waals surface area (Å²) in [6, 6.07) is 9.80. The standard InChI is InChI=1S/C19H26O6/c1-12(20)9-10-14(21)15-16(22-11-13-7-5-4-6-8-13)17-18(23-15)25-19(2,3)24-17/h4-8,14-18,21H,9-11H2,1-3H3/t14-,15-,16+,17-,18-/m1/s1. The van der Waals surface area contributed by atoms with Gasteiger partial charge in [-0.2, -0.15) is 0 Å². The number of Topliss-reactive ketones (excluding diaryl/α,β-unsaturated/α-hetero) is 1. The van der Waals surface area contributed by atoms with Gasteiger partial charge in [-0.3, -0.25) is 0 Å². The minimum Gasteiger partial charge on any atom is -0.390 e. The van der Waals surface area contributed by atoms with Crippen LogP contribution in [0.1, 0.15) is 39.2 Å². The molecule has 25 heavy (non-hydrogen) atoms. The first-order valence-electron chi connectivity index (χ1n) is 8.70. The quantitative estimate of drug-likeness (QED) is 0.812. The van der Waals surface area contributed by atoms with Crippen LogP contribution in [0.25, 0.3) is 0 Å². The van der Waals surface area contributed by atoms with E-state index < -0.39 is 36.5 Å². The Morgan fingerprint density at radius 3 is 2.68 bits per heavy atom. The molecular formula is C19H26O6. The van der Waals surface area contributed by atoms with E-state index in [1.165, 1.54) is 6.92 Å². The topological polar surface area (TPSA) is 74.2 Å². The summed E-state index contributed by atoms with van der Waals surface area (Å²) in [5.41, 5.74) is 1.03. The summed E-state index contributed by atoms with van der Waals surface area (Å²) in [7, 11) is 0. The Morgan fingerprint density at radius 1 is 1.28 bits per heavy atom. The smallest absolute Gasteiger partial charge is 0.190 e. The van der Waals surface area contributed by atoms with Gasteiger partial charge in [0.15, 0.2) is 12.1 Å². The van der Waals surface area contributed by atoms with Gasteiger partial charge in [0.1, 0.15) is 24.1 Å². The van der Waals surface area contributed by atoms with E-state index in [1.807, 2.05) is 44.2 Å². The molecular weight excluding hydrogens is 324 g/mol. The molecule has 2 saturated heterocycles. The maximum absolute atomic E-state index is 11.2. The van der Waals surface area contributed by atoms with Gasteiger partial charge in [0.2, 0.25) is 0 Å². The number of ether oxygens (including phenoxy) is 4. The number of fused-ring (bicyclic) bond motifs is 1. The van der Waals surface area contributed by atoms with E-state index in [1.54, 1.807) is 0 Å². The highest BCUT2D eigenvalue weighted by Gasteiger charge is 2.56. The lowest BCUT2D eigenvalue weighted by Gasteiger charge is -2.28. The normalized spacial score (nSPS) is 31.7. The molecule has 1 aromatic carbocycles. The first-order valence-corrected chi connectivity index (χ1v) is 8.70. The van der Waals surface area contributed by atoms with Gasteiger partial charge in [0.05, 0.1) is 12.7 Å². The van der Waals surface area contributed by atoms with Crippen molar-refractivity contribution in [2.75, 3.05) is 0 Å². The first-order chi connectivity index (χ1) is 11.9. The lowest BCUT2D eigenvalue weighted by atomic mass is 10.0. The SMILES string of the molecule is CC(=O)CC[C@@H](O)[C@H]1O[C@@H]2OC(C)(C)O[C@@H]2[C@H]1OCc1ccccc1. The van der Waals surface area contributed by atoms with Crippen LogP contribution in [0.15, 0.2) is 30.3 Å². The Morgan fingerprint density at radius 2 is 2.00 bits per heavy atom. The van der Waals surface area contributed by atoms with E-state index in [0.29, 0.717) is 19.4 Å². The van der Waals surface area contributed by atoms with Crippen LogP contribution in [0.3, 0.4) is 0 Å². The van der Waals surface area contributed by atoms with Crippen LogP contribution < -0.4 is 0 Å². The van der Waals surface area contributed by atoms with Gasteiger partial charge < -0.3 is 28.8 Å². The fourth-order valence-electron chi connectivity index (χ4n) is 3.29. The predicted octanol–water partition coefficient (Wildman–Crippen LogP) is 2.18. The van der Waals surface area contributed by atoms with Gasteiger partial charge in [0, 0.05) is 6.42 Å². The molecule has 6 heteroatoms. The summed E-state index contributed by atoms with van der Waals surface area (Å²) in [6.45, 7) is 5.54. The third-order valence-electron chi connectivity index (χ3n) is 4.48. The minimum atomic E-state index is -0.814. The van der Waals surface area contributed by atoms with Gasteiger partial charge in [0.25, 0.3) is 0 Å². The number of hydrogen-bond acceptors (Lipinski definition) is 6. The molecule has 2 aliphatic rings. The zero-order valence-electron chi connectivity index (χ0n) is 14.9. The maximum atomic E-state index is 11.2. The number of aliphatic hydroxyl groups is 1. The highest BCUT2D eigenvalue weighted by molar-refractivity contribution is 5.75. The van der Waals surface area contributed by atoms with Crippen molar-refractivity contribution in [1.82, 2.24) is 0 Å². The number of ketones is 1. The van der Waals surface area contributed by atoms with Gasteiger partial charge in [-0.1, -0.05) is 30.3 Å². The second-order valence-electron chi connectivity index (χ2n) is 7.14. The Labute approximate surface area is 148 Å². The lowest BCUT2D eigenvalue weighted by molar-refractivity contribution is -0.230. The Hall–Kier alpha value is -1.31. The average Bonchev–Trinajstić information content (AvgIpc) is 3.03. The number of rotatable bonds is 7. The summed E-state index contributed by atoms with van der Waals surface area (Å²) in [6.07, 6.45) is -2.22. The number of carbonyl (C=O) groups is 1. The van der Waals surface area contributed by atoms with Gasteiger partial charge in [-0.25, -0.2) is 0 Å². The Balaban J connectivity index is 1.69. The third-order valence-corrected chi connectivity index (χ3v) is 4.48. The molecule has 0 aromatic heterocycles. The molecule has 3 rings (SSSR count). The molecule has 6 nitrogen and oxygen atoms in total. The summed E-state index contributed by atoms with van der Waals surface area (Å²) in [5, 5.41) is 10.5. The molecule has 2 fully saturated rings. The van der Waals surface area contributed by atoms with E-state index in [0.717, 1.165) is 5.56 Å². The molecule has 0 radical (unpaired) electrons. The molecule has 0 unspecified atom stereocenters. The second kappa shape index (κ2) is 7.51. The van der Waals surface area contributed by atoms with Crippen molar-refractivity contribution < 1.29 is 28.8 Å². The first kappa shape index (κ1) is 18.5. The molecule has 0 bridgehead atoms. The van der Waals surface area contributed by atoms with E-state index in [9.17, 15) is 9.90 Å². The van der Waals surface area contributed by atoms with Crippen molar-refractivity contribution >= 4 is 5.78 Å². The molecule has 1 N–H and O–H groups in total. The zero-order chi connectivity index (χ0) is 18.0. The number of aliphatic hydroxyl groups excluding tert-OH is 1. The second-order valence-corrected chi connectivity index (χ2v) is 7.14.